The second-order valence-electron chi connectivity index (χ2n) is 6.48. The fourth-order valence-electron chi connectivity index (χ4n) is 2.95. The number of aromatic amines is 1. The lowest BCUT2D eigenvalue weighted by Gasteiger charge is -2.09. The van der Waals surface area contributed by atoms with Crippen molar-refractivity contribution in [3.05, 3.63) is 85.8 Å². The van der Waals surface area contributed by atoms with Crippen LogP contribution in [0, 0.1) is 37.1 Å². The van der Waals surface area contributed by atoms with E-state index >= 15 is 0 Å². The number of H-pyrrole nitrogens is 1. The zero-order chi connectivity index (χ0) is 22.5. The number of ketones is 1. The quantitative estimate of drug-likeness (QED) is 0.374. The Morgan fingerprint density at radius 1 is 0.933 bits per heavy atom. The first-order chi connectivity index (χ1) is 13.8. The molecule has 0 amide bonds. The topological polar surface area (TPSA) is 54.9 Å². The standard InChI is InChI=1S/C19H11F7N2O2/c1-7-3-9(5-10(4-7)19(24,25)26)17(29)13-8(2)27-28(18(13)30)16-14(22)11(20)6-12(21)15(16)23/h3-6,27H,1-2H3. The van der Waals surface area contributed by atoms with Crippen molar-refractivity contribution in [2.24, 2.45) is 0 Å². The second-order valence-corrected chi connectivity index (χ2v) is 6.48. The van der Waals surface area contributed by atoms with Gasteiger partial charge in [-0.05, 0) is 37.6 Å². The van der Waals surface area contributed by atoms with Crippen LogP contribution in [0.1, 0.15) is 32.7 Å². The number of aryl methyl sites for hydroxylation is 2. The molecule has 0 radical (unpaired) electrons. The van der Waals surface area contributed by atoms with Gasteiger partial charge < -0.3 is 0 Å². The van der Waals surface area contributed by atoms with Gasteiger partial charge in [0.15, 0.2) is 29.1 Å². The van der Waals surface area contributed by atoms with Gasteiger partial charge in [0.05, 0.1) is 5.56 Å². The molecule has 0 fully saturated rings. The monoisotopic (exact) mass is 432 g/mol. The van der Waals surface area contributed by atoms with E-state index in [1.807, 2.05) is 0 Å². The summed E-state index contributed by atoms with van der Waals surface area (Å²) in [5.74, 6) is -8.54. The predicted octanol–water partition coefficient (Wildman–Crippen LogP) is 4.59. The number of carbonyl (C=O) groups is 1. The van der Waals surface area contributed by atoms with E-state index in [1.54, 1.807) is 0 Å². The van der Waals surface area contributed by atoms with E-state index in [2.05, 4.69) is 5.10 Å². The number of halogens is 7. The van der Waals surface area contributed by atoms with Gasteiger partial charge in [-0.2, -0.15) is 13.2 Å². The maximum atomic E-state index is 14.0. The van der Waals surface area contributed by atoms with Crippen LogP contribution in [0.5, 0.6) is 0 Å². The number of nitrogens with zero attached hydrogens (tertiary/aromatic N) is 1. The number of aromatic nitrogens is 2. The first-order valence-electron chi connectivity index (χ1n) is 8.21. The summed E-state index contributed by atoms with van der Waals surface area (Å²) < 4.78 is 94.2. The SMILES string of the molecule is Cc1cc(C(=O)c2c(C)[nH]n(-c3c(F)c(F)cc(F)c3F)c2=O)cc(C(F)(F)F)c1. The van der Waals surface area contributed by atoms with Crippen LogP contribution < -0.4 is 5.56 Å². The zero-order valence-electron chi connectivity index (χ0n) is 15.2. The van der Waals surface area contributed by atoms with Crippen LogP contribution in [0.4, 0.5) is 30.7 Å². The van der Waals surface area contributed by atoms with Gasteiger partial charge >= 0.3 is 6.18 Å². The first-order valence-corrected chi connectivity index (χ1v) is 8.21. The van der Waals surface area contributed by atoms with E-state index in [0.717, 1.165) is 19.1 Å². The molecule has 0 atom stereocenters. The third-order valence-corrected chi connectivity index (χ3v) is 4.28. The minimum Gasteiger partial charge on any atom is -0.294 e. The van der Waals surface area contributed by atoms with Crippen molar-refractivity contribution < 1.29 is 35.5 Å². The Morgan fingerprint density at radius 2 is 1.50 bits per heavy atom. The second kappa shape index (κ2) is 7.15. The van der Waals surface area contributed by atoms with Crippen LogP contribution in [0.2, 0.25) is 0 Å². The summed E-state index contributed by atoms with van der Waals surface area (Å²) in [6.07, 6.45) is -4.76. The van der Waals surface area contributed by atoms with E-state index in [9.17, 15) is 40.3 Å². The van der Waals surface area contributed by atoms with Crippen molar-refractivity contribution in [2.45, 2.75) is 20.0 Å². The van der Waals surface area contributed by atoms with Crippen LogP contribution in [0.3, 0.4) is 0 Å². The Hall–Kier alpha value is -3.37. The van der Waals surface area contributed by atoms with Crippen molar-refractivity contribution in [1.29, 1.82) is 0 Å². The molecule has 0 unspecified atom stereocenters. The molecule has 4 nitrogen and oxygen atoms in total. The molecule has 2 aromatic carbocycles. The molecule has 3 aromatic rings. The summed E-state index contributed by atoms with van der Waals surface area (Å²) >= 11 is 0. The van der Waals surface area contributed by atoms with Crippen LogP contribution in [0.25, 0.3) is 5.69 Å². The van der Waals surface area contributed by atoms with Gasteiger partial charge in [0.2, 0.25) is 0 Å². The average Bonchev–Trinajstić information content (AvgIpc) is 2.92. The smallest absolute Gasteiger partial charge is 0.294 e. The van der Waals surface area contributed by atoms with Crippen LogP contribution in [-0.4, -0.2) is 15.6 Å². The Labute approximate surface area is 163 Å². The Balaban J connectivity index is 2.21. The summed E-state index contributed by atoms with van der Waals surface area (Å²) in [5.41, 5.74) is -5.40. The molecule has 1 N–H and O–H groups in total. The number of rotatable bonds is 3. The molecule has 1 aromatic heterocycles. The average molecular weight is 432 g/mol. The van der Waals surface area contributed by atoms with Gasteiger partial charge in [0.25, 0.3) is 5.56 Å². The third kappa shape index (κ3) is 3.51. The van der Waals surface area contributed by atoms with Crippen molar-refractivity contribution in [3.8, 4) is 5.69 Å². The summed E-state index contributed by atoms with van der Waals surface area (Å²) in [6, 6.07) is 2.34. The maximum absolute atomic E-state index is 14.0. The zero-order valence-corrected chi connectivity index (χ0v) is 15.2. The molecule has 0 bridgehead atoms. The van der Waals surface area contributed by atoms with Gasteiger partial charge in [-0.1, -0.05) is 0 Å². The van der Waals surface area contributed by atoms with Crippen LogP contribution in [0.15, 0.2) is 29.1 Å². The van der Waals surface area contributed by atoms with E-state index in [0.29, 0.717) is 6.07 Å². The van der Waals surface area contributed by atoms with E-state index in [1.165, 1.54) is 6.92 Å². The molecule has 0 spiro atoms. The summed E-state index contributed by atoms with van der Waals surface area (Å²) in [5, 5.41) is 2.12. The van der Waals surface area contributed by atoms with Crippen molar-refractivity contribution >= 4 is 5.78 Å². The van der Waals surface area contributed by atoms with Gasteiger partial charge in [0.1, 0.15) is 11.3 Å². The fourth-order valence-corrected chi connectivity index (χ4v) is 2.95. The number of nitrogens with one attached hydrogen (secondary N) is 1. The Morgan fingerprint density at radius 3 is 2.03 bits per heavy atom. The van der Waals surface area contributed by atoms with Crippen molar-refractivity contribution in [1.82, 2.24) is 9.78 Å². The molecule has 0 saturated heterocycles. The normalized spacial score (nSPS) is 11.8. The van der Waals surface area contributed by atoms with Crippen molar-refractivity contribution in [2.75, 3.05) is 0 Å². The lowest BCUT2D eigenvalue weighted by atomic mass is 9.99. The molecule has 11 heteroatoms. The van der Waals surface area contributed by atoms with Gasteiger partial charge in [0, 0.05) is 17.3 Å². The highest BCUT2D eigenvalue weighted by atomic mass is 19.4. The highest BCUT2D eigenvalue weighted by Gasteiger charge is 2.33. The van der Waals surface area contributed by atoms with Gasteiger partial charge in [-0.3, -0.25) is 14.7 Å². The minimum atomic E-state index is -4.76. The molecule has 158 valence electrons. The number of carbonyl (C=O) groups excluding carboxylic acids is 1. The Kier molecular flexibility index (Phi) is 5.09. The number of benzene rings is 2. The summed E-state index contributed by atoms with van der Waals surface area (Å²) in [4.78, 5) is 25.3. The lowest BCUT2D eigenvalue weighted by Crippen LogP contribution is -2.23. The molecule has 1 heterocycles. The summed E-state index contributed by atoms with van der Waals surface area (Å²) in [7, 11) is 0. The largest absolute Gasteiger partial charge is 0.416 e. The third-order valence-electron chi connectivity index (χ3n) is 4.28. The first kappa shape index (κ1) is 21.3. The number of hydrogen-bond donors (Lipinski definition) is 1. The highest BCUT2D eigenvalue weighted by Crippen LogP contribution is 2.31. The van der Waals surface area contributed by atoms with Crippen LogP contribution in [-0.2, 0) is 6.18 Å². The molecule has 0 aliphatic rings. The lowest BCUT2D eigenvalue weighted by molar-refractivity contribution is -0.137. The predicted molar refractivity (Wildman–Crippen MR) is 90.6 cm³/mol. The number of alkyl halides is 3. The number of hydrogen-bond acceptors (Lipinski definition) is 2. The van der Waals surface area contributed by atoms with Gasteiger partial charge in [-0.25, -0.2) is 22.2 Å². The molecule has 30 heavy (non-hydrogen) atoms. The molecule has 0 aliphatic carbocycles. The molecule has 3 rings (SSSR count). The summed E-state index contributed by atoms with van der Waals surface area (Å²) in [6.45, 7) is 2.44. The molecule has 0 aliphatic heterocycles. The van der Waals surface area contributed by atoms with E-state index in [4.69, 9.17) is 0 Å². The Bertz CT molecular complexity index is 1210. The molecule has 0 saturated carbocycles. The van der Waals surface area contributed by atoms with E-state index < -0.39 is 63.2 Å². The van der Waals surface area contributed by atoms with Crippen molar-refractivity contribution in [3.63, 3.8) is 0 Å². The maximum Gasteiger partial charge on any atom is 0.416 e. The van der Waals surface area contributed by atoms with E-state index in [-0.39, 0.29) is 22.0 Å². The van der Waals surface area contributed by atoms with Crippen LogP contribution >= 0.6 is 0 Å². The molecular weight excluding hydrogens is 421 g/mol. The fraction of sp³-hybridized carbons (Fsp3) is 0.158. The van der Waals surface area contributed by atoms with Gasteiger partial charge in [-0.15, -0.1) is 0 Å². The highest BCUT2D eigenvalue weighted by molar-refractivity contribution is 6.09. The molecular formula is C19H11F7N2O2. The minimum absolute atomic E-state index is 0.0630.